The third-order valence-corrected chi connectivity index (χ3v) is 4.02. The van der Waals surface area contributed by atoms with Crippen LogP contribution in [0.5, 0.6) is 0 Å². The molecule has 3 atom stereocenters. The van der Waals surface area contributed by atoms with Gasteiger partial charge in [0.1, 0.15) is 24.1 Å². The number of hydrogen-bond acceptors (Lipinski definition) is 3. The van der Waals surface area contributed by atoms with E-state index in [1.165, 1.54) is 6.07 Å². The zero-order valence-electron chi connectivity index (χ0n) is 9.37. The van der Waals surface area contributed by atoms with Crippen LogP contribution in [0.4, 0.5) is 8.78 Å². The van der Waals surface area contributed by atoms with E-state index in [2.05, 4.69) is 20.9 Å². The number of amidine groups is 1. The zero-order valence-corrected chi connectivity index (χ0v) is 11.0. The first kappa shape index (κ1) is 11.9. The van der Waals surface area contributed by atoms with Gasteiger partial charge in [0.2, 0.25) is 0 Å². The van der Waals surface area contributed by atoms with Gasteiger partial charge in [-0.15, -0.1) is 0 Å². The number of rotatable bonds is 2. The molecule has 3 rings (SSSR count). The fraction of sp³-hybridized carbons (Fsp3) is 0.417. The highest BCUT2D eigenvalue weighted by Crippen LogP contribution is 2.53. The van der Waals surface area contributed by atoms with E-state index in [9.17, 15) is 8.78 Å². The molecule has 1 heterocycles. The van der Waals surface area contributed by atoms with Crippen molar-refractivity contribution in [3.8, 4) is 0 Å². The lowest BCUT2D eigenvalue weighted by Gasteiger charge is -2.31. The fourth-order valence-electron chi connectivity index (χ4n) is 2.56. The summed E-state index contributed by atoms with van der Waals surface area (Å²) in [5.41, 5.74) is 4.55. The van der Waals surface area contributed by atoms with Crippen LogP contribution in [0, 0.1) is 11.7 Å². The zero-order chi connectivity index (χ0) is 12.9. The molecule has 0 bridgehead atoms. The Bertz CT molecular complexity index is 537. The molecule has 2 unspecified atom stereocenters. The van der Waals surface area contributed by atoms with Crippen LogP contribution in [0.15, 0.2) is 27.7 Å². The molecule has 1 fully saturated rings. The van der Waals surface area contributed by atoms with Crippen molar-refractivity contribution in [1.29, 1.82) is 0 Å². The summed E-state index contributed by atoms with van der Waals surface area (Å²) in [7, 11) is 0. The lowest BCUT2D eigenvalue weighted by atomic mass is 9.86. The predicted molar refractivity (Wildman–Crippen MR) is 66.4 cm³/mol. The van der Waals surface area contributed by atoms with Crippen LogP contribution in [0.3, 0.4) is 0 Å². The lowest BCUT2D eigenvalue weighted by Crippen LogP contribution is -2.39. The van der Waals surface area contributed by atoms with E-state index in [1.807, 2.05) is 0 Å². The average Bonchev–Trinajstić information content (AvgIpc) is 3.10. The minimum Gasteiger partial charge on any atom is -0.462 e. The molecule has 1 aliphatic heterocycles. The van der Waals surface area contributed by atoms with Gasteiger partial charge in [-0.2, -0.15) is 0 Å². The maximum atomic E-state index is 14.0. The summed E-state index contributed by atoms with van der Waals surface area (Å²) in [6, 6.07) is 4.37. The number of nitrogens with zero attached hydrogens (tertiary/aromatic N) is 1. The monoisotopic (exact) mass is 316 g/mol. The number of benzene rings is 1. The molecular weight excluding hydrogens is 306 g/mol. The van der Waals surface area contributed by atoms with Gasteiger partial charge in [0.05, 0.1) is 0 Å². The summed E-state index contributed by atoms with van der Waals surface area (Å²) < 4.78 is 33.5. The number of nitrogens with two attached hydrogens (primary N) is 1. The number of fused-ring (bicyclic) bond motifs is 1. The third kappa shape index (κ3) is 1.62. The van der Waals surface area contributed by atoms with Crippen molar-refractivity contribution in [2.24, 2.45) is 16.6 Å². The first-order chi connectivity index (χ1) is 8.56. The largest absolute Gasteiger partial charge is 0.462 e. The van der Waals surface area contributed by atoms with Gasteiger partial charge >= 0.3 is 0 Å². The number of alkyl halides is 1. The Morgan fingerprint density at radius 3 is 3.06 bits per heavy atom. The molecule has 0 amide bonds. The van der Waals surface area contributed by atoms with E-state index < -0.39 is 18.0 Å². The SMILES string of the molecule is NC1=NC(CF)(c2cc(Br)ccc2F)[C@@H]2CC2O1. The van der Waals surface area contributed by atoms with Crippen LogP contribution in [0.1, 0.15) is 12.0 Å². The molecule has 18 heavy (non-hydrogen) atoms. The van der Waals surface area contributed by atoms with Gasteiger partial charge in [-0.3, -0.25) is 0 Å². The van der Waals surface area contributed by atoms with E-state index in [4.69, 9.17) is 10.5 Å². The Hall–Kier alpha value is -1.17. The average molecular weight is 317 g/mol. The van der Waals surface area contributed by atoms with E-state index in [0.717, 1.165) is 0 Å². The Kier molecular flexibility index (Phi) is 2.59. The molecule has 1 aromatic carbocycles. The van der Waals surface area contributed by atoms with Crippen LogP contribution in [0.2, 0.25) is 0 Å². The minimum absolute atomic E-state index is 0.0641. The molecule has 6 heteroatoms. The number of ether oxygens (including phenoxy) is 1. The summed E-state index contributed by atoms with van der Waals surface area (Å²) in [6.07, 6.45) is 0.511. The highest BCUT2D eigenvalue weighted by Gasteiger charge is 2.59. The Labute approximate surface area is 111 Å². The van der Waals surface area contributed by atoms with Crippen molar-refractivity contribution in [2.45, 2.75) is 18.1 Å². The summed E-state index contributed by atoms with van der Waals surface area (Å²) >= 11 is 3.26. The second kappa shape index (κ2) is 3.91. The summed E-state index contributed by atoms with van der Waals surface area (Å²) in [5, 5.41) is 0. The Morgan fingerprint density at radius 1 is 1.56 bits per heavy atom. The summed E-state index contributed by atoms with van der Waals surface area (Å²) in [5.74, 6) is -0.612. The molecule has 0 saturated heterocycles. The second-order valence-electron chi connectivity index (χ2n) is 4.63. The molecule has 2 N–H and O–H groups in total. The first-order valence-corrected chi connectivity index (χ1v) is 6.39. The maximum absolute atomic E-state index is 14.0. The quantitative estimate of drug-likeness (QED) is 0.911. The first-order valence-electron chi connectivity index (χ1n) is 5.60. The van der Waals surface area contributed by atoms with E-state index in [-0.39, 0.29) is 23.6 Å². The normalized spacial score (nSPS) is 33.4. The van der Waals surface area contributed by atoms with Crippen molar-refractivity contribution >= 4 is 22.0 Å². The van der Waals surface area contributed by atoms with Crippen LogP contribution < -0.4 is 5.73 Å². The predicted octanol–water partition coefficient (Wildman–Crippen LogP) is 2.49. The van der Waals surface area contributed by atoms with Gasteiger partial charge in [-0.25, -0.2) is 13.8 Å². The number of aliphatic imine (C=N–C) groups is 1. The summed E-state index contributed by atoms with van der Waals surface area (Å²) in [6.45, 7) is -0.786. The van der Waals surface area contributed by atoms with Crippen molar-refractivity contribution in [1.82, 2.24) is 0 Å². The molecule has 3 nitrogen and oxygen atoms in total. The lowest BCUT2D eigenvalue weighted by molar-refractivity contribution is 0.168. The smallest absolute Gasteiger partial charge is 0.283 e. The van der Waals surface area contributed by atoms with Gasteiger partial charge in [0, 0.05) is 16.0 Å². The van der Waals surface area contributed by atoms with Crippen LogP contribution >= 0.6 is 15.9 Å². The topological polar surface area (TPSA) is 47.6 Å². The van der Waals surface area contributed by atoms with Crippen molar-refractivity contribution < 1.29 is 13.5 Å². The molecule has 0 radical (unpaired) electrons. The highest BCUT2D eigenvalue weighted by molar-refractivity contribution is 9.10. The number of hydrogen-bond donors (Lipinski definition) is 1. The van der Waals surface area contributed by atoms with Crippen molar-refractivity contribution in [2.75, 3.05) is 6.67 Å². The minimum atomic E-state index is -1.24. The van der Waals surface area contributed by atoms with Gasteiger partial charge < -0.3 is 10.5 Å². The summed E-state index contributed by atoms with van der Waals surface area (Å²) in [4.78, 5) is 4.06. The van der Waals surface area contributed by atoms with Gasteiger partial charge in [0.15, 0.2) is 0 Å². The van der Waals surface area contributed by atoms with E-state index in [1.54, 1.807) is 12.1 Å². The van der Waals surface area contributed by atoms with Crippen LogP contribution in [0.25, 0.3) is 0 Å². The van der Waals surface area contributed by atoms with Crippen LogP contribution in [-0.4, -0.2) is 18.8 Å². The highest BCUT2D eigenvalue weighted by atomic mass is 79.9. The molecular formula is C12H11BrF2N2O. The fourth-order valence-corrected chi connectivity index (χ4v) is 2.92. The second-order valence-corrected chi connectivity index (χ2v) is 5.55. The van der Waals surface area contributed by atoms with Crippen LogP contribution in [-0.2, 0) is 10.3 Å². The molecule has 2 aliphatic rings. The van der Waals surface area contributed by atoms with Crippen molar-refractivity contribution in [3.63, 3.8) is 0 Å². The van der Waals surface area contributed by atoms with Gasteiger partial charge in [-0.1, -0.05) is 15.9 Å². The molecule has 96 valence electrons. The molecule has 1 aromatic rings. The van der Waals surface area contributed by atoms with Crippen molar-refractivity contribution in [3.05, 3.63) is 34.1 Å². The van der Waals surface area contributed by atoms with E-state index in [0.29, 0.717) is 10.9 Å². The van der Waals surface area contributed by atoms with Gasteiger partial charge in [0.25, 0.3) is 6.02 Å². The van der Waals surface area contributed by atoms with E-state index >= 15 is 0 Å². The number of halogens is 3. The standard InChI is InChI=1S/C12H11BrF2N2O/c13-6-1-2-9(15)7(3-6)12(5-14)8-4-10(8)18-11(16)17-12/h1-3,8,10H,4-5H2,(H2,16,17)/t8-,10?,12?/m1/s1. The molecule has 1 aliphatic carbocycles. The molecule has 0 aromatic heterocycles. The maximum Gasteiger partial charge on any atom is 0.283 e. The third-order valence-electron chi connectivity index (χ3n) is 3.53. The molecule has 1 saturated carbocycles. The Balaban J connectivity index is 2.16. The van der Waals surface area contributed by atoms with Gasteiger partial charge in [-0.05, 0) is 24.6 Å². The molecule has 0 spiro atoms. The Morgan fingerprint density at radius 2 is 2.33 bits per heavy atom.